The van der Waals surface area contributed by atoms with Crippen LogP contribution in [0.5, 0.6) is 0 Å². The van der Waals surface area contributed by atoms with Gasteiger partial charge in [-0.05, 0) is 12.5 Å². The van der Waals surface area contributed by atoms with Crippen molar-refractivity contribution in [3.63, 3.8) is 0 Å². The Labute approximate surface area is 116 Å². The van der Waals surface area contributed by atoms with Crippen LogP contribution in [0.4, 0.5) is 0 Å². The summed E-state index contributed by atoms with van der Waals surface area (Å²) in [6, 6.07) is 9.07. The van der Waals surface area contributed by atoms with Crippen molar-refractivity contribution in [2.75, 3.05) is 7.05 Å². The predicted molar refractivity (Wildman–Crippen MR) is 72.6 cm³/mol. The van der Waals surface area contributed by atoms with Crippen LogP contribution in [0.25, 0.3) is 0 Å². The van der Waals surface area contributed by atoms with E-state index in [2.05, 4.69) is 0 Å². The molecule has 0 saturated heterocycles. The van der Waals surface area contributed by atoms with Crippen LogP contribution in [0.15, 0.2) is 41.0 Å². The number of carbonyl (C=O) groups is 2. The van der Waals surface area contributed by atoms with Gasteiger partial charge in [-0.3, -0.25) is 4.79 Å². The Kier molecular flexibility index (Phi) is 3.89. The lowest BCUT2D eigenvalue weighted by atomic mass is 10.1. The average Bonchev–Trinajstić information content (AvgIpc) is 2.87. The van der Waals surface area contributed by atoms with Crippen LogP contribution >= 0.6 is 0 Å². The zero-order valence-corrected chi connectivity index (χ0v) is 11.3. The minimum atomic E-state index is -1.12. The van der Waals surface area contributed by atoms with Gasteiger partial charge in [-0.1, -0.05) is 29.8 Å². The number of nitrogens with zero attached hydrogens (tertiary/aromatic N) is 1. The van der Waals surface area contributed by atoms with Gasteiger partial charge in [-0.2, -0.15) is 0 Å². The number of carboxylic acids is 1. The van der Waals surface area contributed by atoms with Gasteiger partial charge in [0.2, 0.25) is 0 Å². The minimum absolute atomic E-state index is 0.0255. The minimum Gasteiger partial charge on any atom is -0.478 e. The summed E-state index contributed by atoms with van der Waals surface area (Å²) in [5.74, 6) is -1.44. The van der Waals surface area contributed by atoms with Crippen molar-refractivity contribution in [3.8, 4) is 0 Å². The summed E-state index contributed by atoms with van der Waals surface area (Å²) in [6.45, 7) is 2.42. The average molecular weight is 273 g/mol. The van der Waals surface area contributed by atoms with Crippen molar-refractivity contribution in [1.82, 2.24) is 4.90 Å². The number of hydrogen-bond donors (Lipinski definition) is 1. The molecule has 0 bridgehead atoms. The van der Waals surface area contributed by atoms with Crippen LogP contribution in [0, 0.1) is 6.92 Å². The quantitative estimate of drug-likeness (QED) is 0.929. The lowest BCUT2D eigenvalue weighted by Gasteiger charge is -2.16. The SMILES string of the molecule is Cc1cccc(CN(C)C(=O)c2cc(C(=O)O)co2)c1. The molecule has 0 aliphatic heterocycles. The lowest BCUT2D eigenvalue weighted by molar-refractivity contribution is 0.0695. The molecule has 0 radical (unpaired) electrons. The molecule has 1 heterocycles. The Morgan fingerprint density at radius 2 is 2.05 bits per heavy atom. The monoisotopic (exact) mass is 273 g/mol. The van der Waals surface area contributed by atoms with E-state index in [0.29, 0.717) is 6.54 Å². The molecule has 0 spiro atoms. The molecule has 2 aromatic rings. The van der Waals surface area contributed by atoms with Crippen molar-refractivity contribution in [2.45, 2.75) is 13.5 Å². The number of benzene rings is 1. The molecule has 5 nitrogen and oxygen atoms in total. The van der Waals surface area contributed by atoms with Crippen molar-refractivity contribution in [1.29, 1.82) is 0 Å². The normalized spacial score (nSPS) is 10.3. The molecular weight excluding hydrogens is 258 g/mol. The van der Waals surface area contributed by atoms with E-state index in [1.54, 1.807) is 7.05 Å². The molecular formula is C15H15NO4. The lowest BCUT2D eigenvalue weighted by Crippen LogP contribution is -2.25. The maximum absolute atomic E-state index is 12.1. The van der Waals surface area contributed by atoms with Crippen molar-refractivity contribution in [3.05, 3.63) is 59.0 Å². The highest BCUT2D eigenvalue weighted by molar-refractivity contribution is 5.95. The highest BCUT2D eigenvalue weighted by atomic mass is 16.4. The highest BCUT2D eigenvalue weighted by Crippen LogP contribution is 2.13. The standard InChI is InChI=1S/C15H15NO4/c1-10-4-3-5-11(6-10)8-16(2)14(17)13-7-12(9-20-13)15(18)19/h3-7,9H,8H2,1-2H3,(H,18,19). The van der Waals surface area contributed by atoms with Gasteiger partial charge >= 0.3 is 5.97 Å². The van der Waals surface area contributed by atoms with E-state index in [9.17, 15) is 9.59 Å². The van der Waals surface area contributed by atoms with E-state index in [1.807, 2.05) is 31.2 Å². The van der Waals surface area contributed by atoms with Gasteiger partial charge in [-0.25, -0.2) is 4.79 Å². The first kappa shape index (κ1) is 13.9. The van der Waals surface area contributed by atoms with Crippen LogP contribution < -0.4 is 0 Å². The molecule has 1 aromatic carbocycles. The van der Waals surface area contributed by atoms with E-state index in [0.717, 1.165) is 17.4 Å². The van der Waals surface area contributed by atoms with Crippen molar-refractivity contribution >= 4 is 11.9 Å². The number of aromatic carboxylic acids is 1. The molecule has 5 heteroatoms. The first-order valence-corrected chi connectivity index (χ1v) is 6.10. The second-order valence-electron chi connectivity index (χ2n) is 4.66. The Hall–Kier alpha value is -2.56. The van der Waals surface area contributed by atoms with E-state index in [4.69, 9.17) is 9.52 Å². The van der Waals surface area contributed by atoms with E-state index in [-0.39, 0.29) is 17.2 Å². The third-order valence-corrected chi connectivity index (χ3v) is 2.91. The van der Waals surface area contributed by atoms with Crippen LogP contribution in [0.2, 0.25) is 0 Å². The Bertz CT molecular complexity index is 645. The fraction of sp³-hybridized carbons (Fsp3) is 0.200. The van der Waals surface area contributed by atoms with Gasteiger partial charge in [0, 0.05) is 19.7 Å². The zero-order valence-electron chi connectivity index (χ0n) is 11.3. The largest absolute Gasteiger partial charge is 0.478 e. The maximum atomic E-state index is 12.1. The van der Waals surface area contributed by atoms with Gasteiger partial charge in [0.15, 0.2) is 5.76 Å². The Balaban J connectivity index is 2.10. The van der Waals surface area contributed by atoms with Crippen LogP contribution in [0.1, 0.15) is 32.0 Å². The number of carboxylic acid groups (broad SMARTS) is 1. The third-order valence-electron chi connectivity index (χ3n) is 2.91. The molecule has 0 fully saturated rings. The van der Waals surface area contributed by atoms with E-state index >= 15 is 0 Å². The molecule has 0 aliphatic rings. The smallest absolute Gasteiger partial charge is 0.338 e. The molecule has 0 unspecified atom stereocenters. The number of furan rings is 1. The first-order chi connectivity index (χ1) is 9.47. The summed E-state index contributed by atoms with van der Waals surface area (Å²) in [5, 5.41) is 8.80. The molecule has 1 N–H and O–H groups in total. The van der Waals surface area contributed by atoms with Gasteiger partial charge < -0.3 is 14.4 Å². The molecule has 1 amide bonds. The second-order valence-corrected chi connectivity index (χ2v) is 4.66. The molecule has 104 valence electrons. The molecule has 20 heavy (non-hydrogen) atoms. The van der Waals surface area contributed by atoms with Crippen LogP contribution in [0.3, 0.4) is 0 Å². The topological polar surface area (TPSA) is 70.8 Å². The zero-order chi connectivity index (χ0) is 14.7. The maximum Gasteiger partial charge on any atom is 0.338 e. The summed E-state index contributed by atoms with van der Waals surface area (Å²) in [6.07, 6.45) is 1.07. The molecule has 1 aromatic heterocycles. The van der Waals surface area contributed by atoms with Crippen molar-refractivity contribution < 1.29 is 19.1 Å². The van der Waals surface area contributed by atoms with Crippen molar-refractivity contribution in [2.24, 2.45) is 0 Å². The summed E-state index contributed by atoms with van der Waals surface area (Å²) in [4.78, 5) is 24.3. The molecule has 0 saturated carbocycles. The first-order valence-electron chi connectivity index (χ1n) is 6.10. The number of carbonyl (C=O) groups excluding carboxylic acids is 1. The summed E-state index contributed by atoms with van der Waals surface area (Å²) < 4.78 is 5.00. The summed E-state index contributed by atoms with van der Waals surface area (Å²) in [7, 11) is 1.65. The number of hydrogen-bond acceptors (Lipinski definition) is 3. The fourth-order valence-electron chi connectivity index (χ4n) is 1.90. The van der Waals surface area contributed by atoms with Gasteiger partial charge in [0.05, 0.1) is 5.56 Å². The second kappa shape index (κ2) is 5.61. The molecule has 0 atom stereocenters. The van der Waals surface area contributed by atoms with Crippen LogP contribution in [-0.4, -0.2) is 28.9 Å². The number of amides is 1. The summed E-state index contributed by atoms with van der Waals surface area (Å²) in [5.41, 5.74) is 2.10. The van der Waals surface area contributed by atoms with E-state index < -0.39 is 5.97 Å². The highest BCUT2D eigenvalue weighted by Gasteiger charge is 2.18. The predicted octanol–water partition coefficient (Wildman–Crippen LogP) is 2.56. The third kappa shape index (κ3) is 3.06. The Morgan fingerprint density at radius 1 is 1.30 bits per heavy atom. The Morgan fingerprint density at radius 3 is 2.65 bits per heavy atom. The summed E-state index contributed by atoms with van der Waals surface area (Å²) >= 11 is 0. The van der Waals surface area contributed by atoms with Gasteiger partial charge in [-0.15, -0.1) is 0 Å². The van der Waals surface area contributed by atoms with Crippen LogP contribution in [-0.2, 0) is 6.54 Å². The molecule has 0 aliphatic carbocycles. The number of rotatable bonds is 4. The number of aryl methyl sites for hydroxylation is 1. The van der Waals surface area contributed by atoms with Gasteiger partial charge in [0.1, 0.15) is 6.26 Å². The molecule has 2 rings (SSSR count). The fourth-order valence-corrected chi connectivity index (χ4v) is 1.90. The van der Waals surface area contributed by atoms with E-state index in [1.165, 1.54) is 11.0 Å². The van der Waals surface area contributed by atoms with Gasteiger partial charge in [0.25, 0.3) is 5.91 Å².